The quantitative estimate of drug-likeness (QED) is 0.432. The summed E-state index contributed by atoms with van der Waals surface area (Å²) >= 11 is 0. The van der Waals surface area contributed by atoms with E-state index in [4.69, 9.17) is 9.47 Å². The third-order valence-corrected chi connectivity index (χ3v) is 9.24. The summed E-state index contributed by atoms with van der Waals surface area (Å²) in [7, 11) is -0.803. The number of aromatic nitrogens is 3. The molecule has 0 bridgehead atoms. The van der Waals surface area contributed by atoms with E-state index in [-0.39, 0.29) is 0 Å². The third kappa shape index (κ3) is 6.14. The number of nitrogens with zero attached hydrogens (tertiary/aromatic N) is 5. The van der Waals surface area contributed by atoms with E-state index in [1.54, 1.807) is 11.1 Å². The lowest BCUT2D eigenvalue weighted by Crippen LogP contribution is -2.42. The van der Waals surface area contributed by atoms with Gasteiger partial charge in [-0.25, -0.2) is 19.7 Å². The summed E-state index contributed by atoms with van der Waals surface area (Å²) in [6.45, 7) is 9.86. The highest BCUT2D eigenvalue weighted by molar-refractivity contribution is 7.85. The van der Waals surface area contributed by atoms with Crippen molar-refractivity contribution in [1.82, 2.24) is 15.0 Å². The zero-order valence-electron chi connectivity index (χ0n) is 24.0. The molecule has 11 heteroatoms. The molecule has 0 spiro atoms. The number of nitrogens with one attached hydrogen (secondary N) is 1. The zero-order chi connectivity index (χ0) is 28.7. The lowest BCUT2D eigenvalue weighted by atomic mass is 10.0. The average Bonchev–Trinajstić information content (AvgIpc) is 3.79. The predicted molar refractivity (Wildman–Crippen MR) is 159 cm³/mol. The van der Waals surface area contributed by atoms with Crippen LogP contribution in [0.1, 0.15) is 55.9 Å². The fourth-order valence-electron chi connectivity index (χ4n) is 5.19. The van der Waals surface area contributed by atoms with E-state index >= 15 is 0 Å². The molecule has 1 saturated carbocycles. The van der Waals surface area contributed by atoms with Gasteiger partial charge in [0.15, 0.2) is 0 Å². The minimum absolute atomic E-state index is 0.366. The molecule has 1 fully saturated rings. The van der Waals surface area contributed by atoms with Gasteiger partial charge in [-0.1, -0.05) is 6.07 Å². The van der Waals surface area contributed by atoms with Gasteiger partial charge < -0.3 is 19.7 Å². The van der Waals surface area contributed by atoms with Crippen molar-refractivity contribution in [2.75, 3.05) is 34.8 Å². The van der Waals surface area contributed by atoms with E-state index in [2.05, 4.69) is 31.2 Å². The highest BCUT2D eigenvalue weighted by atomic mass is 32.2. The molecule has 0 saturated heterocycles. The number of carbonyl (C=O) groups excluding carboxylic acids is 1. The summed E-state index contributed by atoms with van der Waals surface area (Å²) < 4.78 is 23.7. The molecule has 3 aliphatic rings. The van der Waals surface area contributed by atoms with Crippen LogP contribution in [0.2, 0.25) is 0 Å². The molecule has 1 unspecified atom stereocenters. The summed E-state index contributed by atoms with van der Waals surface area (Å²) in [6.07, 6.45) is 8.14. The van der Waals surface area contributed by atoms with Crippen molar-refractivity contribution in [3.8, 4) is 5.88 Å². The Morgan fingerprint density at radius 3 is 2.63 bits per heavy atom. The first-order valence-electron chi connectivity index (χ1n) is 14.1. The molecule has 6 rings (SSSR count). The first-order valence-corrected chi connectivity index (χ1v) is 15.5. The van der Waals surface area contributed by atoms with Crippen LogP contribution < -0.4 is 19.9 Å². The lowest BCUT2D eigenvalue weighted by Gasteiger charge is -2.35. The summed E-state index contributed by atoms with van der Waals surface area (Å²) in [6, 6.07) is 5.95. The number of anilines is 4. The predicted octanol–water partition coefficient (Wildman–Crippen LogP) is 5.03. The van der Waals surface area contributed by atoms with E-state index in [1.165, 1.54) is 11.1 Å². The number of fused-ring (bicyclic) bond motifs is 2. The van der Waals surface area contributed by atoms with Crippen LogP contribution in [0.5, 0.6) is 5.88 Å². The molecule has 1 amide bonds. The number of pyridine rings is 3. The van der Waals surface area contributed by atoms with Gasteiger partial charge >= 0.3 is 6.09 Å². The number of amides is 1. The van der Waals surface area contributed by atoms with E-state index in [0.29, 0.717) is 48.1 Å². The van der Waals surface area contributed by atoms with Crippen LogP contribution in [0.15, 0.2) is 36.8 Å². The Morgan fingerprint density at radius 1 is 1.10 bits per heavy atom. The topological polar surface area (TPSA) is 110 Å². The van der Waals surface area contributed by atoms with Gasteiger partial charge in [0.1, 0.15) is 29.5 Å². The number of carbonyl (C=O) groups is 1. The fraction of sp³-hybridized carbons (Fsp3) is 0.467. The SMILES string of the molecule is Cc1c(N2CCc3cnc(Nc4ccc(CS(=O)C5CC5)cn4)cc3C2)cnc2c1N(C(=O)OC(C)(C)C)CCO2. The number of hydrogen-bond acceptors (Lipinski definition) is 9. The molecule has 3 aromatic heterocycles. The maximum Gasteiger partial charge on any atom is 0.415 e. The van der Waals surface area contributed by atoms with Crippen LogP contribution in [-0.4, -0.2) is 55.8 Å². The minimum Gasteiger partial charge on any atom is -0.474 e. The second-order valence-corrected chi connectivity index (χ2v) is 13.5. The Labute approximate surface area is 242 Å². The Bertz CT molecular complexity index is 1490. The molecule has 1 aliphatic carbocycles. The van der Waals surface area contributed by atoms with Crippen LogP contribution in [0.4, 0.5) is 27.8 Å². The summed E-state index contributed by atoms with van der Waals surface area (Å²) in [5, 5.41) is 3.68. The van der Waals surface area contributed by atoms with Gasteiger partial charge in [0.2, 0.25) is 5.88 Å². The highest BCUT2D eigenvalue weighted by Gasteiger charge is 2.33. The molecule has 2 aliphatic heterocycles. The van der Waals surface area contributed by atoms with Crippen molar-refractivity contribution in [2.45, 2.75) is 70.1 Å². The minimum atomic E-state index is -0.803. The van der Waals surface area contributed by atoms with Crippen LogP contribution in [0.3, 0.4) is 0 Å². The first kappa shape index (κ1) is 27.4. The fourth-order valence-corrected chi connectivity index (χ4v) is 6.58. The van der Waals surface area contributed by atoms with Crippen molar-refractivity contribution in [3.63, 3.8) is 0 Å². The Kier molecular flexibility index (Phi) is 7.31. The summed E-state index contributed by atoms with van der Waals surface area (Å²) in [5.74, 6) is 2.43. The third-order valence-electron chi connectivity index (χ3n) is 7.41. The molecular formula is C30H36N6O4S. The van der Waals surface area contributed by atoms with Crippen molar-refractivity contribution in [2.24, 2.45) is 0 Å². The van der Waals surface area contributed by atoms with Crippen LogP contribution >= 0.6 is 0 Å². The normalized spacial score (nSPS) is 17.3. The second kappa shape index (κ2) is 10.9. The van der Waals surface area contributed by atoms with E-state index < -0.39 is 22.5 Å². The second-order valence-electron chi connectivity index (χ2n) is 11.8. The van der Waals surface area contributed by atoms with Gasteiger partial charge in [-0.15, -0.1) is 0 Å². The average molecular weight is 577 g/mol. The molecule has 3 aromatic rings. The van der Waals surface area contributed by atoms with Gasteiger partial charge in [-0.3, -0.25) is 9.11 Å². The molecular weight excluding hydrogens is 540 g/mol. The highest BCUT2D eigenvalue weighted by Crippen LogP contribution is 2.40. The largest absolute Gasteiger partial charge is 0.474 e. The molecule has 10 nitrogen and oxygen atoms in total. The van der Waals surface area contributed by atoms with Crippen molar-refractivity contribution >= 4 is 39.9 Å². The molecule has 0 radical (unpaired) electrons. The van der Waals surface area contributed by atoms with Crippen molar-refractivity contribution in [3.05, 3.63) is 59.0 Å². The summed E-state index contributed by atoms with van der Waals surface area (Å²) in [4.78, 5) is 30.7. The standard InChI is InChI=1S/C30H36N6O4S/c1-19-24(16-33-28-27(19)36(11-12-39-28)29(37)40-30(2,3)4)35-10-9-21-15-32-26(13-22(21)17-35)34-25-8-5-20(14-31-25)18-41(38)23-6-7-23/h5,8,13-16,23H,6-7,9-12,17-18H2,1-4H3,(H,31,32,34). The Morgan fingerprint density at radius 2 is 1.90 bits per heavy atom. The molecule has 216 valence electrons. The molecule has 41 heavy (non-hydrogen) atoms. The van der Waals surface area contributed by atoms with Gasteiger partial charge in [0.05, 0.1) is 24.2 Å². The molecule has 5 heterocycles. The van der Waals surface area contributed by atoms with Gasteiger partial charge in [0, 0.05) is 47.1 Å². The lowest BCUT2D eigenvalue weighted by molar-refractivity contribution is 0.0566. The smallest absolute Gasteiger partial charge is 0.415 e. The van der Waals surface area contributed by atoms with Gasteiger partial charge in [-0.05, 0) is 75.8 Å². The maximum absolute atomic E-state index is 13.0. The monoisotopic (exact) mass is 576 g/mol. The molecule has 1 N–H and O–H groups in total. The molecule has 1 atom stereocenters. The van der Waals surface area contributed by atoms with E-state index in [9.17, 15) is 9.00 Å². The van der Waals surface area contributed by atoms with E-state index in [0.717, 1.165) is 48.4 Å². The number of ether oxygens (including phenoxy) is 2. The first-order chi connectivity index (χ1) is 19.6. The molecule has 0 aromatic carbocycles. The zero-order valence-corrected chi connectivity index (χ0v) is 24.8. The number of rotatable bonds is 6. The van der Waals surface area contributed by atoms with Crippen LogP contribution in [0.25, 0.3) is 0 Å². The van der Waals surface area contributed by atoms with Crippen molar-refractivity contribution in [1.29, 1.82) is 0 Å². The van der Waals surface area contributed by atoms with E-state index in [1.807, 2.05) is 52.2 Å². The maximum atomic E-state index is 13.0. The summed E-state index contributed by atoms with van der Waals surface area (Å²) in [5.41, 5.74) is 5.32. The van der Waals surface area contributed by atoms with Crippen LogP contribution in [-0.2, 0) is 34.3 Å². The Balaban J connectivity index is 1.18. The number of hydrogen-bond donors (Lipinski definition) is 1. The van der Waals surface area contributed by atoms with Gasteiger partial charge in [0.25, 0.3) is 0 Å². The van der Waals surface area contributed by atoms with Crippen molar-refractivity contribution < 1.29 is 18.5 Å². The van der Waals surface area contributed by atoms with Crippen LogP contribution in [0, 0.1) is 6.92 Å². The Hall–Kier alpha value is -3.73. The van der Waals surface area contributed by atoms with Gasteiger partial charge in [-0.2, -0.15) is 0 Å².